The number of fused-ring (bicyclic) bond motifs is 1. The fourth-order valence-corrected chi connectivity index (χ4v) is 3.76. The van der Waals surface area contributed by atoms with Crippen molar-refractivity contribution in [2.45, 2.75) is 32.5 Å². The highest BCUT2D eigenvalue weighted by Crippen LogP contribution is 2.32. The number of hydrogen-bond acceptors (Lipinski definition) is 4. The van der Waals surface area contributed by atoms with Gasteiger partial charge in [-0.2, -0.15) is 0 Å². The van der Waals surface area contributed by atoms with Crippen molar-refractivity contribution in [1.82, 2.24) is 10.2 Å². The number of rotatable bonds is 8. The van der Waals surface area contributed by atoms with E-state index >= 15 is 0 Å². The van der Waals surface area contributed by atoms with Crippen molar-refractivity contribution >= 4 is 23.4 Å². The Balaban J connectivity index is 1.46. The normalized spacial score (nSPS) is 12.8. The SMILES string of the molecule is CC(C(=O)NCc1ccc2c(c1)OCO2)N(Cc1ccc(F)cc1)C(=O)Cc1ccc(Cl)cc1. The molecule has 0 fully saturated rings. The minimum Gasteiger partial charge on any atom is -0.454 e. The summed E-state index contributed by atoms with van der Waals surface area (Å²) in [6.07, 6.45) is 0.109. The predicted octanol–water partition coefficient (Wildman–Crippen LogP) is 4.48. The van der Waals surface area contributed by atoms with Gasteiger partial charge in [-0.05, 0) is 60.0 Å². The van der Waals surface area contributed by atoms with Gasteiger partial charge in [-0.25, -0.2) is 4.39 Å². The van der Waals surface area contributed by atoms with Crippen molar-refractivity contribution in [2.75, 3.05) is 6.79 Å². The third kappa shape index (κ3) is 5.85. The molecule has 1 aliphatic heterocycles. The van der Waals surface area contributed by atoms with Crippen LogP contribution in [0.5, 0.6) is 11.5 Å². The summed E-state index contributed by atoms with van der Waals surface area (Å²) in [7, 11) is 0. The highest BCUT2D eigenvalue weighted by Gasteiger charge is 2.26. The molecule has 2 amide bonds. The van der Waals surface area contributed by atoms with Crippen LogP contribution in [0.3, 0.4) is 0 Å². The molecule has 0 aliphatic carbocycles. The molecule has 1 aliphatic rings. The van der Waals surface area contributed by atoms with Crippen molar-refractivity contribution in [1.29, 1.82) is 0 Å². The minimum absolute atomic E-state index is 0.109. The van der Waals surface area contributed by atoms with E-state index < -0.39 is 6.04 Å². The van der Waals surface area contributed by atoms with Gasteiger partial charge < -0.3 is 19.7 Å². The average molecular weight is 483 g/mol. The minimum atomic E-state index is -0.751. The zero-order valence-corrected chi connectivity index (χ0v) is 19.3. The van der Waals surface area contributed by atoms with Crippen LogP contribution in [0.2, 0.25) is 5.02 Å². The monoisotopic (exact) mass is 482 g/mol. The Labute approximate surface area is 202 Å². The van der Waals surface area contributed by atoms with Crippen molar-refractivity contribution in [3.63, 3.8) is 0 Å². The topological polar surface area (TPSA) is 67.9 Å². The smallest absolute Gasteiger partial charge is 0.242 e. The standard InChI is InChI=1S/C26H24ClFN2O4/c1-17(26(32)29-14-20-6-11-23-24(12-20)34-16-33-23)30(15-19-4-9-22(28)10-5-19)25(31)13-18-2-7-21(27)8-3-18/h2-12,17H,13-16H2,1H3,(H,29,32). The summed E-state index contributed by atoms with van der Waals surface area (Å²) >= 11 is 5.95. The molecule has 1 N–H and O–H groups in total. The number of carbonyl (C=O) groups is 2. The number of benzene rings is 3. The van der Waals surface area contributed by atoms with E-state index in [1.54, 1.807) is 49.4 Å². The molecule has 0 saturated heterocycles. The lowest BCUT2D eigenvalue weighted by Gasteiger charge is -2.29. The molecule has 0 bridgehead atoms. The largest absolute Gasteiger partial charge is 0.454 e. The fraction of sp³-hybridized carbons (Fsp3) is 0.231. The van der Waals surface area contributed by atoms with E-state index in [4.69, 9.17) is 21.1 Å². The first-order chi connectivity index (χ1) is 16.4. The van der Waals surface area contributed by atoms with Gasteiger partial charge in [0.05, 0.1) is 6.42 Å². The lowest BCUT2D eigenvalue weighted by atomic mass is 10.1. The second-order valence-electron chi connectivity index (χ2n) is 8.03. The number of ether oxygens (including phenoxy) is 2. The number of halogens is 2. The summed E-state index contributed by atoms with van der Waals surface area (Å²) in [5, 5.41) is 3.46. The number of hydrogen-bond donors (Lipinski definition) is 1. The van der Waals surface area contributed by atoms with Crippen LogP contribution in [-0.2, 0) is 29.1 Å². The van der Waals surface area contributed by atoms with E-state index in [2.05, 4.69) is 5.32 Å². The van der Waals surface area contributed by atoms with Crippen LogP contribution in [0.4, 0.5) is 4.39 Å². The van der Waals surface area contributed by atoms with Crippen molar-refractivity contribution in [2.24, 2.45) is 0 Å². The van der Waals surface area contributed by atoms with Gasteiger partial charge in [0.2, 0.25) is 18.6 Å². The van der Waals surface area contributed by atoms with Crippen molar-refractivity contribution in [3.8, 4) is 11.5 Å². The Bertz CT molecular complexity index is 1170. The molecule has 1 unspecified atom stereocenters. The van der Waals surface area contributed by atoms with E-state index in [0.717, 1.165) is 16.7 Å². The molecule has 0 saturated carbocycles. The molecule has 3 aromatic carbocycles. The van der Waals surface area contributed by atoms with Gasteiger partial charge in [0.15, 0.2) is 11.5 Å². The summed E-state index contributed by atoms with van der Waals surface area (Å²) in [6, 6.07) is 17.6. The van der Waals surface area contributed by atoms with Crippen LogP contribution < -0.4 is 14.8 Å². The number of nitrogens with zero attached hydrogens (tertiary/aromatic N) is 1. The van der Waals surface area contributed by atoms with Gasteiger partial charge in [-0.1, -0.05) is 41.9 Å². The number of carbonyl (C=O) groups excluding carboxylic acids is 2. The number of nitrogens with one attached hydrogen (secondary N) is 1. The fourth-order valence-electron chi connectivity index (χ4n) is 3.64. The maximum atomic E-state index is 13.4. The quantitative estimate of drug-likeness (QED) is 0.514. The van der Waals surface area contributed by atoms with Crippen molar-refractivity contribution in [3.05, 3.63) is 94.3 Å². The molecule has 0 radical (unpaired) electrons. The van der Waals surface area contributed by atoms with Gasteiger partial charge in [-0.15, -0.1) is 0 Å². The summed E-state index contributed by atoms with van der Waals surface area (Å²) < 4.78 is 24.1. The zero-order valence-electron chi connectivity index (χ0n) is 18.6. The Morgan fingerprint density at radius 3 is 2.35 bits per heavy atom. The van der Waals surface area contributed by atoms with E-state index in [1.807, 2.05) is 12.1 Å². The lowest BCUT2D eigenvalue weighted by Crippen LogP contribution is -2.48. The van der Waals surface area contributed by atoms with E-state index in [0.29, 0.717) is 16.5 Å². The number of amides is 2. The first-order valence-corrected chi connectivity index (χ1v) is 11.2. The molecular formula is C26H24ClFN2O4. The molecule has 3 aromatic rings. The van der Waals surface area contributed by atoms with Gasteiger partial charge in [0.1, 0.15) is 11.9 Å². The zero-order chi connectivity index (χ0) is 24.1. The van der Waals surface area contributed by atoms with Crippen LogP contribution in [-0.4, -0.2) is 29.5 Å². The van der Waals surface area contributed by atoms with E-state index in [9.17, 15) is 14.0 Å². The summed E-state index contributed by atoms with van der Waals surface area (Å²) in [4.78, 5) is 27.7. The molecule has 6 nitrogen and oxygen atoms in total. The molecule has 1 heterocycles. The van der Waals surface area contributed by atoms with Crippen molar-refractivity contribution < 1.29 is 23.5 Å². The van der Waals surface area contributed by atoms with Gasteiger partial charge >= 0.3 is 0 Å². The summed E-state index contributed by atoms with van der Waals surface area (Å²) in [5.41, 5.74) is 2.36. The van der Waals surface area contributed by atoms with Crippen LogP contribution in [0.25, 0.3) is 0 Å². The van der Waals surface area contributed by atoms with Gasteiger partial charge in [-0.3, -0.25) is 9.59 Å². The Hall–Kier alpha value is -3.58. The third-order valence-electron chi connectivity index (χ3n) is 5.61. The Morgan fingerprint density at radius 2 is 1.62 bits per heavy atom. The maximum Gasteiger partial charge on any atom is 0.242 e. The van der Waals surface area contributed by atoms with Crippen LogP contribution >= 0.6 is 11.6 Å². The van der Waals surface area contributed by atoms with Crippen LogP contribution in [0.1, 0.15) is 23.6 Å². The second kappa shape index (κ2) is 10.6. The first-order valence-electron chi connectivity index (χ1n) is 10.8. The molecule has 176 valence electrons. The van der Waals surface area contributed by atoms with Crippen LogP contribution in [0, 0.1) is 5.82 Å². The van der Waals surface area contributed by atoms with Gasteiger partial charge in [0, 0.05) is 18.1 Å². The molecular weight excluding hydrogens is 459 g/mol. The first kappa shape index (κ1) is 23.6. The van der Waals surface area contributed by atoms with E-state index in [-0.39, 0.29) is 43.9 Å². The predicted molar refractivity (Wildman–Crippen MR) is 126 cm³/mol. The average Bonchev–Trinajstić information content (AvgIpc) is 3.31. The molecule has 0 aromatic heterocycles. The molecule has 34 heavy (non-hydrogen) atoms. The molecule has 4 rings (SSSR count). The summed E-state index contributed by atoms with van der Waals surface area (Å²) in [6.45, 7) is 2.30. The highest BCUT2D eigenvalue weighted by molar-refractivity contribution is 6.30. The lowest BCUT2D eigenvalue weighted by molar-refractivity contribution is -0.140. The van der Waals surface area contributed by atoms with E-state index in [1.165, 1.54) is 17.0 Å². The highest BCUT2D eigenvalue weighted by atomic mass is 35.5. The Morgan fingerprint density at radius 1 is 0.971 bits per heavy atom. The molecule has 1 atom stereocenters. The van der Waals surface area contributed by atoms with Gasteiger partial charge in [0.25, 0.3) is 0 Å². The second-order valence-corrected chi connectivity index (χ2v) is 8.47. The molecule has 8 heteroatoms. The summed E-state index contributed by atoms with van der Waals surface area (Å²) in [5.74, 6) is 0.413. The van der Waals surface area contributed by atoms with Crippen LogP contribution in [0.15, 0.2) is 66.7 Å². The Kier molecular flexibility index (Phi) is 7.33. The maximum absolute atomic E-state index is 13.4. The third-order valence-corrected chi connectivity index (χ3v) is 5.86. The molecule has 0 spiro atoms.